The molecular formula is C11H18N6O. The Morgan fingerprint density at radius 1 is 1.56 bits per heavy atom. The van der Waals surface area contributed by atoms with Gasteiger partial charge in [-0.1, -0.05) is 6.92 Å². The molecular weight excluding hydrogens is 232 g/mol. The van der Waals surface area contributed by atoms with Gasteiger partial charge in [0.2, 0.25) is 0 Å². The van der Waals surface area contributed by atoms with E-state index >= 15 is 0 Å². The van der Waals surface area contributed by atoms with Gasteiger partial charge in [-0.2, -0.15) is 0 Å². The van der Waals surface area contributed by atoms with Crippen molar-refractivity contribution in [2.45, 2.75) is 25.8 Å². The van der Waals surface area contributed by atoms with Crippen LogP contribution < -0.4 is 16.6 Å². The molecule has 0 fully saturated rings. The maximum atomic E-state index is 9.01. The van der Waals surface area contributed by atoms with Gasteiger partial charge in [-0.25, -0.2) is 15.8 Å². The molecule has 7 heteroatoms. The number of aromatic nitrogens is 3. The minimum atomic E-state index is 0.144. The van der Waals surface area contributed by atoms with Crippen LogP contribution in [0.5, 0.6) is 0 Å². The van der Waals surface area contributed by atoms with Crippen LogP contribution in [0.2, 0.25) is 0 Å². The van der Waals surface area contributed by atoms with Crippen LogP contribution in [-0.2, 0) is 0 Å². The molecule has 0 aliphatic rings. The van der Waals surface area contributed by atoms with Crippen LogP contribution in [-0.4, -0.2) is 32.1 Å². The monoisotopic (exact) mass is 250 g/mol. The molecule has 0 aliphatic carbocycles. The van der Waals surface area contributed by atoms with Crippen LogP contribution in [0.15, 0.2) is 18.6 Å². The van der Waals surface area contributed by atoms with Gasteiger partial charge in [-0.05, 0) is 12.8 Å². The van der Waals surface area contributed by atoms with Gasteiger partial charge in [0.25, 0.3) is 0 Å². The van der Waals surface area contributed by atoms with Crippen LogP contribution in [0.4, 0.5) is 11.6 Å². The Morgan fingerprint density at radius 3 is 3.06 bits per heavy atom. The van der Waals surface area contributed by atoms with E-state index in [9.17, 15) is 0 Å². The number of nitrogen functional groups attached to an aromatic ring is 1. The number of anilines is 2. The van der Waals surface area contributed by atoms with Crippen molar-refractivity contribution >= 4 is 17.3 Å². The number of aliphatic hydroxyl groups excluding tert-OH is 1. The van der Waals surface area contributed by atoms with Crippen molar-refractivity contribution in [3.05, 3.63) is 18.6 Å². The zero-order valence-electron chi connectivity index (χ0n) is 10.3. The number of hydrogen-bond acceptors (Lipinski definition) is 6. The molecule has 2 aromatic heterocycles. The first-order chi connectivity index (χ1) is 8.78. The second-order valence-corrected chi connectivity index (χ2v) is 4.04. The molecule has 0 aliphatic heterocycles. The number of hydrogen-bond donors (Lipinski definition) is 4. The Kier molecular flexibility index (Phi) is 3.96. The summed E-state index contributed by atoms with van der Waals surface area (Å²) in [6.07, 6.45) is 6.87. The van der Waals surface area contributed by atoms with Gasteiger partial charge in [0.05, 0.1) is 6.20 Å². The Labute approximate surface area is 105 Å². The van der Waals surface area contributed by atoms with E-state index in [1.807, 2.05) is 10.6 Å². The number of hydrazine groups is 1. The van der Waals surface area contributed by atoms with E-state index in [1.165, 1.54) is 0 Å². The lowest BCUT2D eigenvalue weighted by molar-refractivity contribution is 0.278. The van der Waals surface area contributed by atoms with Crippen LogP contribution in [0.25, 0.3) is 5.65 Å². The summed E-state index contributed by atoms with van der Waals surface area (Å²) >= 11 is 0. The van der Waals surface area contributed by atoms with Gasteiger partial charge in [-0.3, -0.25) is 0 Å². The molecule has 2 heterocycles. The van der Waals surface area contributed by atoms with E-state index < -0.39 is 0 Å². The molecule has 0 spiro atoms. The molecule has 5 N–H and O–H groups in total. The van der Waals surface area contributed by atoms with Crippen molar-refractivity contribution in [1.29, 1.82) is 0 Å². The van der Waals surface area contributed by atoms with Crippen LogP contribution in [0.1, 0.15) is 19.8 Å². The van der Waals surface area contributed by atoms with E-state index in [2.05, 4.69) is 27.6 Å². The first-order valence-corrected chi connectivity index (χ1v) is 5.96. The Hall–Kier alpha value is -1.86. The maximum absolute atomic E-state index is 9.01. The highest BCUT2D eigenvalue weighted by molar-refractivity contribution is 5.65. The van der Waals surface area contributed by atoms with Gasteiger partial charge in [0.15, 0.2) is 17.3 Å². The normalized spacial score (nSPS) is 12.6. The zero-order chi connectivity index (χ0) is 13.0. The van der Waals surface area contributed by atoms with Crippen molar-refractivity contribution in [2.75, 3.05) is 17.3 Å². The summed E-state index contributed by atoms with van der Waals surface area (Å²) in [6.45, 7) is 2.20. The fraction of sp³-hybridized carbons (Fsp3) is 0.455. The Bertz CT molecular complexity index is 511. The van der Waals surface area contributed by atoms with Crippen LogP contribution >= 0.6 is 0 Å². The number of fused-ring (bicyclic) bond motifs is 1. The number of nitrogens with one attached hydrogen (secondary N) is 2. The molecule has 0 radical (unpaired) electrons. The topological polar surface area (TPSA) is 100 Å². The van der Waals surface area contributed by atoms with Crippen LogP contribution in [0.3, 0.4) is 0 Å². The highest BCUT2D eigenvalue weighted by Crippen LogP contribution is 2.18. The third-order valence-corrected chi connectivity index (χ3v) is 2.83. The highest BCUT2D eigenvalue weighted by Gasteiger charge is 2.11. The van der Waals surface area contributed by atoms with Crippen molar-refractivity contribution < 1.29 is 5.11 Å². The fourth-order valence-electron chi connectivity index (χ4n) is 1.83. The molecule has 0 amide bonds. The summed E-state index contributed by atoms with van der Waals surface area (Å²) in [5.41, 5.74) is 3.26. The van der Waals surface area contributed by atoms with Crippen LogP contribution in [0, 0.1) is 0 Å². The van der Waals surface area contributed by atoms with Crippen molar-refractivity contribution in [1.82, 2.24) is 14.4 Å². The molecule has 0 bridgehead atoms. The van der Waals surface area contributed by atoms with Crippen molar-refractivity contribution in [3.63, 3.8) is 0 Å². The minimum Gasteiger partial charge on any atom is -0.396 e. The van der Waals surface area contributed by atoms with Gasteiger partial charge in [-0.15, -0.1) is 0 Å². The van der Waals surface area contributed by atoms with Gasteiger partial charge in [0.1, 0.15) is 0 Å². The smallest absolute Gasteiger partial charge is 0.180 e. The average Bonchev–Trinajstić information content (AvgIpc) is 2.86. The molecule has 2 aromatic rings. The summed E-state index contributed by atoms with van der Waals surface area (Å²) < 4.78 is 1.84. The average molecular weight is 250 g/mol. The summed E-state index contributed by atoms with van der Waals surface area (Å²) in [5, 5.41) is 12.3. The van der Waals surface area contributed by atoms with Gasteiger partial charge < -0.3 is 20.2 Å². The van der Waals surface area contributed by atoms with Crippen molar-refractivity contribution in [3.8, 4) is 0 Å². The minimum absolute atomic E-state index is 0.144. The first kappa shape index (κ1) is 12.6. The fourth-order valence-corrected chi connectivity index (χ4v) is 1.83. The lowest BCUT2D eigenvalue weighted by Gasteiger charge is -2.17. The van der Waals surface area contributed by atoms with E-state index in [-0.39, 0.29) is 12.6 Å². The van der Waals surface area contributed by atoms with E-state index in [0.29, 0.717) is 18.1 Å². The predicted octanol–water partition coefficient (Wildman–Crippen LogP) is 0.588. The third kappa shape index (κ3) is 2.52. The predicted molar refractivity (Wildman–Crippen MR) is 70.2 cm³/mol. The molecule has 98 valence electrons. The molecule has 18 heavy (non-hydrogen) atoms. The summed E-state index contributed by atoms with van der Waals surface area (Å²) in [4.78, 5) is 8.60. The molecule has 2 rings (SSSR count). The number of aliphatic hydroxyl groups is 1. The van der Waals surface area contributed by atoms with Gasteiger partial charge in [0, 0.05) is 25.0 Å². The first-order valence-electron chi connectivity index (χ1n) is 5.96. The largest absolute Gasteiger partial charge is 0.396 e. The summed E-state index contributed by atoms with van der Waals surface area (Å²) in [5.74, 6) is 6.61. The quantitative estimate of drug-likeness (QED) is 0.442. The number of rotatable bonds is 6. The van der Waals surface area contributed by atoms with Gasteiger partial charge >= 0.3 is 0 Å². The van der Waals surface area contributed by atoms with E-state index in [1.54, 1.807) is 12.4 Å². The van der Waals surface area contributed by atoms with E-state index in [4.69, 9.17) is 10.9 Å². The lowest BCUT2D eigenvalue weighted by Crippen LogP contribution is -2.22. The molecule has 1 unspecified atom stereocenters. The molecule has 0 saturated carbocycles. The number of nitrogens with two attached hydrogens (primary N) is 1. The third-order valence-electron chi connectivity index (χ3n) is 2.83. The number of imidazole rings is 1. The maximum Gasteiger partial charge on any atom is 0.180 e. The molecule has 0 aromatic carbocycles. The molecule has 0 saturated heterocycles. The van der Waals surface area contributed by atoms with Crippen molar-refractivity contribution in [2.24, 2.45) is 5.84 Å². The van der Waals surface area contributed by atoms with E-state index in [0.717, 1.165) is 12.1 Å². The summed E-state index contributed by atoms with van der Waals surface area (Å²) in [7, 11) is 0. The second kappa shape index (κ2) is 5.65. The number of nitrogens with zero attached hydrogens (tertiary/aromatic N) is 3. The highest BCUT2D eigenvalue weighted by atomic mass is 16.3. The standard InChI is InChI=1S/C11H18N6O/c1-2-8(3-6-18)14-10-11-13-4-5-17(11)7-9(15-10)16-12/h4-5,7-8,16,18H,2-3,6,12H2,1H3,(H,14,15). The SMILES string of the molecule is CCC(CCO)Nc1nc(NN)cn2ccnc12. The second-order valence-electron chi connectivity index (χ2n) is 4.04. The summed E-state index contributed by atoms with van der Waals surface area (Å²) in [6, 6.07) is 0.163. The zero-order valence-corrected chi connectivity index (χ0v) is 10.3. The lowest BCUT2D eigenvalue weighted by atomic mass is 10.1. The molecule has 1 atom stereocenters. The Morgan fingerprint density at radius 2 is 2.39 bits per heavy atom. The Balaban J connectivity index is 2.32. The molecule has 7 nitrogen and oxygen atoms in total.